The quantitative estimate of drug-likeness (QED) is 0.563. The highest BCUT2D eigenvalue weighted by Crippen LogP contribution is 2.03. The lowest BCUT2D eigenvalue weighted by atomic mass is 10.5. The van der Waals surface area contributed by atoms with E-state index in [4.69, 9.17) is 0 Å². The Morgan fingerprint density at radius 2 is 2.18 bits per heavy atom. The van der Waals surface area contributed by atoms with Crippen LogP contribution in [0, 0.1) is 0 Å². The molecular formula is C7H11N3O. The van der Waals surface area contributed by atoms with Gasteiger partial charge in [-0.3, -0.25) is 4.57 Å². The average molecular weight is 153 g/mol. The fraction of sp³-hybridized carbons (Fsp3) is 0.429. The third-order valence-electron chi connectivity index (χ3n) is 1.50. The van der Waals surface area contributed by atoms with E-state index in [1.807, 2.05) is 19.0 Å². The molecule has 1 aromatic heterocycles. The van der Waals surface area contributed by atoms with Crippen LogP contribution in [0.3, 0.4) is 0 Å². The van der Waals surface area contributed by atoms with Crippen LogP contribution in [0.5, 0.6) is 0 Å². The molecule has 0 aliphatic carbocycles. The largest absolute Gasteiger partial charge is 0.364 e. The zero-order chi connectivity index (χ0) is 8.43. The van der Waals surface area contributed by atoms with Crippen molar-refractivity contribution in [1.29, 1.82) is 0 Å². The highest BCUT2D eigenvalue weighted by molar-refractivity contribution is 5.35. The van der Waals surface area contributed by atoms with Gasteiger partial charge in [-0.2, -0.15) is 0 Å². The van der Waals surface area contributed by atoms with Crippen molar-refractivity contribution in [3.05, 3.63) is 22.7 Å². The first kappa shape index (κ1) is 7.78. The predicted molar refractivity (Wildman–Crippen MR) is 43.8 cm³/mol. The molecule has 0 spiro atoms. The van der Waals surface area contributed by atoms with Crippen molar-refractivity contribution in [1.82, 2.24) is 9.55 Å². The third kappa shape index (κ3) is 1.39. The van der Waals surface area contributed by atoms with Crippen molar-refractivity contribution in [2.75, 3.05) is 19.0 Å². The van der Waals surface area contributed by atoms with Crippen molar-refractivity contribution in [3.8, 4) is 0 Å². The summed E-state index contributed by atoms with van der Waals surface area (Å²) in [4.78, 5) is 16.4. The van der Waals surface area contributed by atoms with Crippen molar-refractivity contribution in [2.24, 2.45) is 7.05 Å². The topological polar surface area (TPSA) is 38.1 Å². The third-order valence-corrected chi connectivity index (χ3v) is 1.50. The molecule has 0 N–H and O–H groups in total. The van der Waals surface area contributed by atoms with Gasteiger partial charge in [0, 0.05) is 27.3 Å². The lowest BCUT2D eigenvalue weighted by Gasteiger charge is -2.14. The van der Waals surface area contributed by atoms with E-state index in [9.17, 15) is 4.79 Å². The Hall–Kier alpha value is -1.32. The molecule has 1 aromatic rings. The Bertz CT molecular complexity index is 303. The second-order valence-electron chi connectivity index (χ2n) is 2.54. The maximum atomic E-state index is 11.0. The fourth-order valence-electron chi connectivity index (χ4n) is 0.913. The number of hydrogen-bond donors (Lipinski definition) is 0. The molecule has 0 aromatic carbocycles. The van der Waals surface area contributed by atoms with E-state index in [0.717, 1.165) is 5.82 Å². The van der Waals surface area contributed by atoms with E-state index in [1.54, 1.807) is 13.1 Å². The summed E-state index contributed by atoms with van der Waals surface area (Å²) < 4.78 is 1.50. The fourth-order valence-corrected chi connectivity index (χ4v) is 0.913. The second-order valence-corrected chi connectivity index (χ2v) is 2.54. The van der Waals surface area contributed by atoms with Crippen LogP contribution in [0.15, 0.2) is 17.1 Å². The first-order valence-corrected chi connectivity index (χ1v) is 3.32. The summed E-state index contributed by atoms with van der Waals surface area (Å²) in [5.74, 6) is 0.852. The average Bonchev–Trinajstić information content (AvgIpc) is 1.94. The molecule has 60 valence electrons. The molecule has 0 saturated carbocycles. The van der Waals surface area contributed by atoms with Crippen molar-refractivity contribution < 1.29 is 0 Å². The molecule has 1 heterocycles. The van der Waals surface area contributed by atoms with Crippen molar-refractivity contribution in [2.45, 2.75) is 0 Å². The summed E-state index contributed by atoms with van der Waals surface area (Å²) >= 11 is 0. The summed E-state index contributed by atoms with van der Waals surface area (Å²) in [7, 11) is 5.47. The number of hydrogen-bond acceptors (Lipinski definition) is 3. The first-order chi connectivity index (χ1) is 5.13. The minimum absolute atomic E-state index is 0.226. The van der Waals surface area contributed by atoms with Crippen molar-refractivity contribution in [3.63, 3.8) is 0 Å². The smallest absolute Gasteiger partial charge is 0.348 e. The van der Waals surface area contributed by atoms with Gasteiger partial charge in [-0.1, -0.05) is 0 Å². The van der Waals surface area contributed by atoms with Gasteiger partial charge in [-0.15, -0.1) is 0 Å². The molecular weight excluding hydrogens is 142 g/mol. The summed E-state index contributed by atoms with van der Waals surface area (Å²) in [6, 6.07) is 1.79. The van der Waals surface area contributed by atoms with E-state index in [0.29, 0.717) is 0 Å². The summed E-state index contributed by atoms with van der Waals surface area (Å²) in [6.07, 6.45) is 1.51. The van der Waals surface area contributed by atoms with E-state index >= 15 is 0 Å². The molecule has 0 atom stereocenters. The van der Waals surface area contributed by atoms with Crippen LogP contribution in [-0.2, 0) is 7.05 Å². The molecule has 0 aliphatic rings. The van der Waals surface area contributed by atoms with Gasteiger partial charge < -0.3 is 4.90 Å². The Labute approximate surface area is 65.1 Å². The van der Waals surface area contributed by atoms with Crippen LogP contribution < -0.4 is 10.6 Å². The van der Waals surface area contributed by atoms with Gasteiger partial charge in [0.15, 0.2) is 0 Å². The Morgan fingerprint density at radius 1 is 1.55 bits per heavy atom. The molecule has 0 saturated heterocycles. The molecule has 0 bridgehead atoms. The highest BCUT2D eigenvalue weighted by atomic mass is 16.1. The van der Waals surface area contributed by atoms with Crippen molar-refractivity contribution >= 4 is 5.82 Å². The molecule has 1 rings (SSSR count). The second kappa shape index (κ2) is 2.74. The number of aromatic nitrogens is 2. The molecule has 0 aliphatic heterocycles. The van der Waals surface area contributed by atoms with Crippen LogP contribution in [0.2, 0.25) is 0 Å². The van der Waals surface area contributed by atoms with Gasteiger partial charge in [0.2, 0.25) is 0 Å². The summed E-state index contributed by atoms with van der Waals surface area (Å²) in [5.41, 5.74) is -0.226. The van der Waals surface area contributed by atoms with Crippen LogP contribution in [0.4, 0.5) is 5.82 Å². The Kier molecular flexibility index (Phi) is 1.94. The van der Waals surface area contributed by atoms with E-state index < -0.39 is 0 Å². The van der Waals surface area contributed by atoms with Crippen LogP contribution in [-0.4, -0.2) is 23.6 Å². The zero-order valence-electron chi connectivity index (χ0n) is 6.90. The van der Waals surface area contributed by atoms with E-state index in [1.165, 1.54) is 10.8 Å². The molecule has 11 heavy (non-hydrogen) atoms. The van der Waals surface area contributed by atoms with E-state index in [2.05, 4.69) is 4.98 Å². The number of rotatable bonds is 1. The van der Waals surface area contributed by atoms with Gasteiger partial charge in [-0.25, -0.2) is 9.78 Å². The Balaban J connectivity index is 3.28. The zero-order valence-corrected chi connectivity index (χ0v) is 6.90. The monoisotopic (exact) mass is 153 g/mol. The van der Waals surface area contributed by atoms with Gasteiger partial charge in [0.1, 0.15) is 5.82 Å². The van der Waals surface area contributed by atoms with Gasteiger partial charge in [-0.05, 0) is 6.07 Å². The predicted octanol–water partition coefficient (Wildman–Crippen LogP) is -0.154. The molecule has 0 amide bonds. The van der Waals surface area contributed by atoms with Crippen LogP contribution in [0.1, 0.15) is 0 Å². The standard InChI is InChI=1S/C7H11N3O/c1-9(2)6-4-5-8-7(11)10(6)3/h4-5H,1-3H3. The molecule has 0 unspecified atom stereocenters. The van der Waals surface area contributed by atoms with Crippen LogP contribution >= 0.6 is 0 Å². The van der Waals surface area contributed by atoms with Gasteiger partial charge >= 0.3 is 5.69 Å². The normalized spacial score (nSPS) is 9.73. The molecule has 0 radical (unpaired) electrons. The summed E-state index contributed by atoms with van der Waals surface area (Å²) in [6.45, 7) is 0. The highest BCUT2D eigenvalue weighted by Gasteiger charge is 1.99. The van der Waals surface area contributed by atoms with Crippen LogP contribution in [0.25, 0.3) is 0 Å². The van der Waals surface area contributed by atoms with E-state index in [-0.39, 0.29) is 5.69 Å². The lowest BCUT2D eigenvalue weighted by Crippen LogP contribution is -2.25. The molecule has 4 nitrogen and oxygen atoms in total. The van der Waals surface area contributed by atoms with Gasteiger partial charge in [0.25, 0.3) is 0 Å². The maximum Gasteiger partial charge on any atom is 0.348 e. The number of nitrogens with zero attached hydrogens (tertiary/aromatic N) is 3. The summed E-state index contributed by atoms with van der Waals surface area (Å²) in [5, 5.41) is 0. The maximum absolute atomic E-state index is 11.0. The minimum Gasteiger partial charge on any atom is -0.364 e. The SMILES string of the molecule is CN(C)c1ccnc(=O)n1C. The Morgan fingerprint density at radius 3 is 2.64 bits per heavy atom. The first-order valence-electron chi connectivity index (χ1n) is 3.32. The minimum atomic E-state index is -0.226. The number of anilines is 1. The molecule has 4 heteroatoms. The molecule has 0 fully saturated rings. The lowest BCUT2D eigenvalue weighted by molar-refractivity contribution is 0.790. The van der Waals surface area contributed by atoms with Gasteiger partial charge in [0.05, 0.1) is 0 Å².